The summed E-state index contributed by atoms with van der Waals surface area (Å²) in [7, 11) is 0. The van der Waals surface area contributed by atoms with Gasteiger partial charge in [0.05, 0.1) is 17.2 Å². The van der Waals surface area contributed by atoms with E-state index in [0.29, 0.717) is 29.1 Å². The van der Waals surface area contributed by atoms with Gasteiger partial charge < -0.3 is 15.4 Å². The number of carbonyl (C=O) groups is 2. The number of rotatable bonds is 8. The number of aromatic nitrogens is 4. The molecular weight excluding hydrogens is 539 g/mol. The number of hydrogen-bond donors (Lipinski definition) is 3. The second kappa shape index (κ2) is 12.0. The molecule has 0 bridgehead atoms. The van der Waals surface area contributed by atoms with Crippen LogP contribution in [0.25, 0.3) is 16.9 Å². The zero-order valence-electron chi connectivity index (χ0n) is 20.6. The Hall–Kier alpha value is -4.39. The summed E-state index contributed by atoms with van der Waals surface area (Å²) in [6.45, 7) is 2.35. The Morgan fingerprint density at radius 1 is 0.974 bits per heavy atom. The van der Waals surface area contributed by atoms with Gasteiger partial charge in [-0.3, -0.25) is 9.88 Å². The van der Waals surface area contributed by atoms with Crippen molar-refractivity contribution in [1.29, 1.82) is 0 Å². The highest BCUT2D eigenvalue weighted by molar-refractivity contribution is 6.31. The first-order chi connectivity index (χ1) is 18.7. The number of fused-ring (bicyclic) bond motifs is 1. The predicted molar refractivity (Wildman–Crippen MR) is 140 cm³/mol. The Labute approximate surface area is 225 Å². The molecule has 0 aliphatic rings. The van der Waals surface area contributed by atoms with Crippen LogP contribution in [0.1, 0.15) is 31.7 Å². The summed E-state index contributed by atoms with van der Waals surface area (Å²) >= 11 is 5.61. The van der Waals surface area contributed by atoms with Crippen molar-refractivity contribution in [3.8, 4) is 5.69 Å². The third-order valence-electron chi connectivity index (χ3n) is 5.47. The van der Waals surface area contributed by atoms with Crippen LogP contribution in [0.4, 0.5) is 40.0 Å². The molecule has 4 aromatic rings. The molecule has 0 saturated carbocycles. The van der Waals surface area contributed by atoms with E-state index in [2.05, 4.69) is 37.8 Å². The summed E-state index contributed by atoms with van der Waals surface area (Å²) in [6.07, 6.45) is 0.235. The monoisotopic (exact) mass is 561 g/mol. The Kier molecular flexibility index (Phi) is 8.49. The Morgan fingerprint density at radius 2 is 1.69 bits per heavy atom. The first kappa shape index (κ1) is 27.6. The van der Waals surface area contributed by atoms with Gasteiger partial charge in [0.1, 0.15) is 12.7 Å². The second-order valence-electron chi connectivity index (χ2n) is 8.30. The first-order valence-electron chi connectivity index (χ1n) is 11.8. The van der Waals surface area contributed by atoms with E-state index in [4.69, 9.17) is 16.3 Å². The van der Waals surface area contributed by atoms with Gasteiger partial charge in [-0.15, -0.1) is 0 Å². The molecule has 0 unspecified atom stereocenters. The van der Waals surface area contributed by atoms with Crippen LogP contribution in [-0.2, 0) is 10.9 Å². The molecule has 3 N–H and O–H groups in total. The van der Waals surface area contributed by atoms with Gasteiger partial charge in [0, 0.05) is 17.1 Å². The van der Waals surface area contributed by atoms with Crippen molar-refractivity contribution in [1.82, 2.24) is 19.5 Å². The average Bonchev–Trinajstić information content (AvgIpc) is 3.33. The standard InChI is InChI=1S/C25H23ClF3N7O3/c1-2-3-4-11-39-24(38)35-21-20-22(31-13-30-21)36(14-32-20)17-8-5-15(6-9-17)33-23(37)34-16-7-10-19(26)18(12-16)25(27,28)29/h5-10,12-14H,2-4,11H2,1H3,(H2,33,34,37)(H,30,31,35,38). The number of amides is 3. The number of nitrogens with one attached hydrogen (secondary N) is 3. The highest BCUT2D eigenvalue weighted by atomic mass is 35.5. The highest BCUT2D eigenvalue weighted by Gasteiger charge is 2.33. The van der Waals surface area contributed by atoms with E-state index in [1.165, 1.54) is 18.7 Å². The van der Waals surface area contributed by atoms with Crippen molar-refractivity contribution < 1.29 is 27.5 Å². The van der Waals surface area contributed by atoms with Crippen LogP contribution in [0, 0.1) is 0 Å². The largest absolute Gasteiger partial charge is 0.449 e. The fraction of sp³-hybridized carbons (Fsp3) is 0.240. The molecule has 14 heteroatoms. The molecule has 0 aliphatic heterocycles. The summed E-state index contributed by atoms with van der Waals surface area (Å²) in [5.41, 5.74) is 0.680. The van der Waals surface area contributed by atoms with Crippen molar-refractivity contribution >= 4 is 52.1 Å². The Bertz CT molecular complexity index is 1480. The molecule has 0 atom stereocenters. The number of benzene rings is 2. The Morgan fingerprint density at radius 3 is 2.41 bits per heavy atom. The molecule has 0 radical (unpaired) electrons. The molecule has 0 aliphatic carbocycles. The number of hydrogen-bond acceptors (Lipinski definition) is 6. The minimum Gasteiger partial charge on any atom is -0.449 e. The quantitative estimate of drug-likeness (QED) is 0.202. The van der Waals surface area contributed by atoms with Crippen molar-refractivity contribution in [2.75, 3.05) is 22.6 Å². The van der Waals surface area contributed by atoms with E-state index in [0.717, 1.165) is 31.4 Å². The number of nitrogens with zero attached hydrogens (tertiary/aromatic N) is 4. The maximum Gasteiger partial charge on any atom is 0.417 e. The maximum atomic E-state index is 13.1. The lowest BCUT2D eigenvalue weighted by molar-refractivity contribution is -0.137. The van der Waals surface area contributed by atoms with Crippen LogP contribution < -0.4 is 16.0 Å². The van der Waals surface area contributed by atoms with E-state index >= 15 is 0 Å². The normalized spacial score (nSPS) is 11.3. The minimum atomic E-state index is -4.65. The number of alkyl halides is 3. The maximum absolute atomic E-state index is 13.1. The fourth-order valence-corrected chi connectivity index (χ4v) is 3.81. The van der Waals surface area contributed by atoms with Gasteiger partial charge in [0.15, 0.2) is 17.0 Å². The molecule has 204 valence electrons. The van der Waals surface area contributed by atoms with Gasteiger partial charge in [0.2, 0.25) is 0 Å². The number of urea groups is 1. The molecule has 2 aromatic carbocycles. The third-order valence-corrected chi connectivity index (χ3v) is 5.80. The van der Waals surface area contributed by atoms with Crippen molar-refractivity contribution in [3.63, 3.8) is 0 Å². The predicted octanol–water partition coefficient (Wildman–Crippen LogP) is 6.87. The van der Waals surface area contributed by atoms with Gasteiger partial charge in [0.25, 0.3) is 0 Å². The molecule has 10 nitrogen and oxygen atoms in total. The first-order valence-corrected chi connectivity index (χ1v) is 12.2. The SMILES string of the molecule is CCCCCOC(=O)Nc1ncnc2c1ncn2-c1ccc(NC(=O)Nc2ccc(Cl)c(C(F)(F)F)c2)cc1. The number of halogens is 4. The van der Waals surface area contributed by atoms with Gasteiger partial charge in [-0.1, -0.05) is 31.4 Å². The smallest absolute Gasteiger partial charge is 0.417 e. The lowest BCUT2D eigenvalue weighted by atomic mass is 10.2. The minimum absolute atomic E-state index is 0.0698. The highest BCUT2D eigenvalue weighted by Crippen LogP contribution is 2.36. The molecule has 2 aromatic heterocycles. The molecule has 0 fully saturated rings. The zero-order chi connectivity index (χ0) is 28.0. The van der Waals surface area contributed by atoms with E-state index in [9.17, 15) is 22.8 Å². The second-order valence-corrected chi connectivity index (χ2v) is 8.70. The summed E-state index contributed by atoms with van der Waals surface area (Å²) in [6, 6.07) is 8.89. The summed E-state index contributed by atoms with van der Waals surface area (Å²) < 4.78 is 46.0. The van der Waals surface area contributed by atoms with Crippen LogP contribution >= 0.6 is 11.6 Å². The van der Waals surface area contributed by atoms with Crippen LogP contribution in [0.2, 0.25) is 5.02 Å². The lowest BCUT2D eigenvalue weighted by Crippen LogP contribution is -2.20. The van der Waals surface area contributed by atoms with Gasteiger partial charge in [-0.05, 0) is 48.9 Å². The number of anilines is 3. The topological polar surface area (TPSA) is 123 Å². The summed E-state index contributed by atoms with van der Waals surface area (Å²) in [5.74, 6) is 0.199. The van der Waals surface area contributed by atoms with E-state index in [-0.39, 0.29) is 11.5 Å². The van der Waals surface area contributed by atoms with Crippen LogP contribution in [0.15, 0.2) is 55.1 Å². The molecule has 2 heterocycles. The number of ether oxygens (including phenoxy) is 1. The number of carbonyl (C=O) groups excluding carboxylic acids is 2. The van der Waals surface area contributed by atoms with E-state index < -0.39 is 28.9 Å². The van der Waals surface area contributed by atoms with Crippen LogP contribution in [0.5, 0.6) is 0 Å². The third kappa shape index (κ3) is 6.93. The molecule has 4 rings (SSSR count). The van der Waals surface area contributed by atoms with Gasteiger partial charge in [-0.2, -0.15) is 13.2 Å². The van der Waals surface area contributed by atoms with Crippen LogP contribution in [0.3, 0.4) is 0 Å². The molecule has 0 spiro atoms. The average molecular weight is 562 g/mol. The number of unbranched alkanes of at least 4 members (excludes halogenated alkanes) is 2. The lowest BCUT2D eigenvalue weighted by Gasteiger charge is -2.12. The summed E-state index contributed by atoms with van der Waals surface area (Å²) in [5, 5.41) is 7.02. The van der Waals surface area contributed by atoms with Crippen molar-refractivity contribution in [2.24, 2.45) is 0 Å². The summed E-state index contributed by atoms with van der Waals surface area (Å²) in [4.78, 5) is 37.0. The van der Waals surface area contributed by atoms with Crippen molar-refractivity contribution in [3.05, 3.63) is 65.7 Å². The van der Waals surface area contributed by atoms with Gasteiger partial charge >= 0.3 is 18.3 Å². The Balaban J connectivity index is 1.42. The van der Waals surface area contributed by atoms with Crippen molar-refractivity contribution in [2.45, 2.75) is 32.4 Å². The van der Waals surface area contributed by atoms with Crippen LogP contribution in [-0.4, -0.2) is 38.3 Å². The van der Waals surface area contributed by atoms with E-state index in [1.807, 2.05) is 0 Å². The molecule has 39 heavy (non-hydrogen) atoms. The fourth-order valence-electron chi connectivity index (χ4n) is 3.58. The van der Waals surface area contributed by atoms with E-state index in [1.54, 1.807) is 28.8 Å². The molecule has 0 saturated heterocycles. The molecule has 3 amide bonds. The number of imidazole rings is 1. The molecular formula is C25H23ClF3N7O3. The van der Waals surface area contributed by atoms with Gasteiger partial charge in [-0.25, -0.2) is 24.5 Å². The zero-order valence-corrected chi connectivity index (χ0v) is 21.3.